The zero-order valence-electron chi connectivity index (χ0n) is 28.3. The van der Waals surface area contributed by atoms with Crippen molar-refractivity contribution in [2.24, 2.45) is 0 Å². The second kappa shape index (κ2) is 20.3. The van der Waals surface area contributed by atoms with Crippen molar-refractivity contribution >= 4 is 6.08 Å². The van der Waals surface area contributed by atoms with Gasteiger partial charge in [-0.05, 0) is 101 Å². The molecule has 0 amide bonds. The maximum atomic E-state index is 3.73. The second-order valence-corrected chi connectivity index (χ2v) is 12.0. The van der Waals surface area contributed by atoms with Gasteiger partial charge in [-0.25, -0.2) is 0 Å². The molecule has 0 bridgehead atoms. The van der Waals surface area contributed by atoms with Gasteiger partial charge in [-0.1, -0.05) is 155 Å². The number of rotatable bonds is 12. The Kier molecular flexibility index (Phi) is 18.0. The Morgan fingerprint density at radius 2 is 0.659 bits per heavy atom. The molecule has 0 radical (unpaired) electrons. The summed E-state index contributed by atoms with van der Waals surface area (Å²) in [7, 11) is 0. The van der Waals surface area contributed by atoms with Crippen molar-refractivity contribution in [2.75, 3.05) is 0 Å². The minimum Gasteiger partial charge on any atom is -0.0985 e. The zero-order valence-corrected chi connectivity index (χ0v) is 28.3. The third-order valence-corrected chi connectivity index (χ3v) is 9.23. The van der Waals surface area contributed by atoms with Crippen LogP contribution in [0.15, 0.2) is 79.4 Å². The lowest BCUT2D eigenvalue weighted by atomic mass is 9.91. The fourth-order valence-corrected chi connectivity index (χ4v) is 4.91. The molecule has 0 saturated heterocycles. The van der Waals surface area contributed by atoms with Gasteiger partial charge in [0.1, 0.15) is 0 Å². The monoisotopic (exact) mass is 554 g/mol. The highest BCUT2D eigenvalue weighted by Gasteiger charge is 2.08. The lowest BCUT2D eigenvalue weighted by molar-refractivity contribution is 0.640. The molecule has 0 heterocycles. The number of hydrogen-bond donors (Lipinski definition) is 0. The topological polar surface area (TPSA) is 0 Å². The van der Waals surface area contributed by atoms with Gasteiger partial charge in [0.15, 0.2) is 0 Å². The Morgan fingerprint density at radius 3 is 0.878 bits per heavy atom. The molecular weight excluding hydrogens is 492 g/mol. The fourth-order valence-electron chi connectivity index (χ4n) is 4.91. The Morgan fingerprint density at radius 1 is 0.415 bits per heavy atom. The van der Waals surface area contributed by atoms with Crippen molar-refractivity contribution in [1.29, 1.82) is 0 Å². The predicted molar refractivity (Wildman–Crippen MR) is 188 cm³/mol. The second-order valence-electron chi connectivity index (χ2n) is 12.0. The van der Waals surface area contributed by atoms with Gasteiger partial charge in [-0.15, -0.1) is 0 Å². The van der Waals surface area contributed by atoms with Crippen LogP contribution in [0.1, 0.15) is 171 Å². The van der Waals surface area contributed by atoms with Gasteiger partial charge in [0.2, 0.25) is 0 Å². The smallest absolute Gasteiger partial charge is 0.0167 e. The van der Waals surface area contributed by atoms with Crippen molar-refractivity contribution in [2.45, 2.75) is 137 Å². The minimum absolute atomic E-state index is 0.670. The molecule has 0 aliphatic carbocycles. The van der Waals surface area contributed by atoms with Crippen molar-refractivity contribution < 1.29 is 0 Å². The quantitative estimate of drug-likeness (QED) is 0.209. The van der Waals surface area contributed by atoms with E-state index in [1.165, 1.54) is 71.9 Å². The Hall–Kier alpha value is -2.60. The maximum absolute atomic E-state index is 3.73. The van der Waals surface area contributed by atoms with Gasteiger partial charge in [0.25, 0.3) is 0 Å². The van der Waals surface area contributed by atoms with E-state index < -0.39 is 0 Å². The van der Waals surface area contributed by atoms with Crippen molar-refractivity contribution in [1.82, 2.24) is 0 Å². The van der Waals surface area contributed by atoms with E-state index in [0.29, 0.717) is 23.7 Å². The van der Waals surface area contributed by atoms with Crippen molar-refractivity contribution in [3.8, 4) is 0 Å². The summed E-state index contributed by atoms with van der Waals surface area (Å²) in [4.78, 5) is 0. The normalized spacial score (nSPS) is 13.6. The molecule has 3 aromatic rings. The maximum Gasteiger partial charge on any atom is -0.0167 e. The van der Waals surface area contributed by atoms with Crippen LogP contribution in [-0.4, -0.2) is 0 Å². The van der Waals surface area contributed by atoms with Crippen molar-refractivity contribution in [3.63, 3.8) is 0 Å². The molecule has 3 rings (SSSR count). The van der Waals surface area contributed by atoms with Crippen LogP contribution >= 0.6 is 0 Å². The molecule has 0 aromatic heterocycles. The highest BCUT2D eigenvalue weighted by molar-refractivity contribution is 5.47. The SMILES string of the molecule is C=Cc1ccc(C(C)CC)cc1.CCC(C)c1ccc(C(C)CC)cc1.CCC(C)c1ccc(C(CC)CC)cc1. The summed E-state index contributed by atoms with van der Waals surface area (Å²) in [5, 5.41) is 0. The molecule has 0 N–H and O–H groups in total. The average Bonchev–Trinajstić information content (AvgIpc) is 3.04. The van der Waals surface area contributed by atoms with Crippen LogP contribution in [0.2, 0.25) is 0 Å². The highest BCUT2D eigenvalue weighted by Crippen LogP contribution is 2.26. The molecule has 226 valence electrons. The molecule has 4 unspecified atom stereocenters. The first-order valence-electron chi connectivity index (χ1n) is 16.6. The van der Waals surface area contributed by atoms with E-state index in [4.69, 9.17) is 0 Å². The standard InChI is InChI=1S/C15H24.C14H22.C12H16/c1-5-12(4)14-8-10-15(11-9-14)13(6-2)7-3;1-5-11(3)13-7-9-14(10-8-13)12(4)6-2;1-4-10(3)12-8-6-11(5-2)7-9-12/h8-13H,5-7H2,1-4H3;7-12H,5-6H2,1-4H3;5-10H,2,4H2,1,3H3. The van der Waals surface area contributed by atoms with Crippen LogP contribution in [0.25, 0.3) is 6.08 Å². The van der Waals surface area contributed by atoms with Gasteiger partial charge in [0.05, 0.1) is 0 Å². The summed E-state index contributed by atoms with van der Waals surface area (Å²) in [6.45, 7) is 26.4. The Labute approximate surface area is 255 Å². The molecule has 0 aliphatic rings. The van der Waals surface area contributed by atoms with Crippen LogP contribution < -0.4 is 0 Å². The third kappa shape index (κ3) is 12.4. The minimum atomic E-state index is 0.670. The van der Waals surface area contributed by atoms with E-state index >= 15 is 0 Å². The molecule has 41 heavy (non-hydrogen) atoms. The molecule has 0 nitrogen and oxygen atoms in total. The molecule has 3 aromatic carbocycles. The van der Waals surface area contributed by atoms with Gasteiger partial charge >= 0.3 is 0 Å². The summed E-state index contributed by atoms with van der Waals surface area (Å²) in [5.74, 6) is 3.50. The largest absolute Gasteiger partial charge is 0.0985 e. The number of benzene rings is 3. The van der Waals surface area contributed by atoms with Crippen LogP contribution in [0, 0.1) is 0 Å². The molecule has 0 heteroatoms. The summed E-state index contributed by atoms with van der Waals surface area (Å²) >= 11 is 0. The van der Waals surface area contributed by atoms with Gasteiger partial charge < -0.3 is 0 Å². The lowest BCUT2D eigenvalue weighted by Crippen LogP contribution is -1.97. The van der Waals surface area contributed by atoms with E-state index in [-0.39, 0.29) is 0 Å². The third-order valence-electron chi connectivity index (χ3n) is 9.23. The van der Waals surface area contributed by atoms with Gasteiger partial charge in [0, 0.05) is 0 Å². The van der Waals surface area contributed by atoms with E-state index in [1.807, 2.05) is 6.08 Å². The van der Waals surface area contributed by atoms with E-state index in [9.17, 15) is 0 Å². The highest BCUT2D eigenvalue weighted by atomic mass is 14.1. The van der Waals surface area contributed by atoms with Crippen LogP contribution in [0.4, 0.5) is 0 Å². The Balaban J connectivity index is 0.000000309. The predicted octanol–water partition coefficient (Wildman–Crippen LogP) is 13.7. The lowest BCUT2D eigenvalue weighted by Gasteiger charge is -2.15. The van der Waals surface area contributed by atoms with Gasteiger partial charge in [-0.3, -0.25) is 0 Å². The molecule has 0 spiro atoms. The van der Waals surface area contributed by atoms with Crippen LogP contribution in [0.3, 0.4) is 0 Å². The van der Waals surface area contributed by atoms with Crippen LogP contribution in [0.5, 0.6) is 0 Å². The molecule has 0 aliphatic heterocycles. The summed E-state index contributed by atoms with van der Waals surface area (Å²) in [6, 6.07) is 27.0. The Bertz CT molecular complexity index is 1020. The van der Waals surface area contributed by atoms with Gasteiger partial charge in [-0.2, -0.15) is 0 Å². The van der Waals surface area contributed by atoms with E-state index in [0.717, 1.165) is 5.92 Å². The first kappa shape index (κ1) is 36.4. The average molecular weight is 555 g/mol. The van der Waals surface area contributed by atoms with E-state index in [2.05, 4.69) is 149 Å². The number of hydrogen-bond acceptors (Lipinski definition) is 0. The zero-order chi connectivity index (χ0) is 30.8. The van der Waals surface area contributed by atoms with E-state index in [1.54, 1.807) is 0 Å². The summed E-state index contributed by atoms with van der Waals surface area (Å²) in [6.07, 6.45) is 9.25. The first-order valence-corrected chi connectivity index (χ1v) is 16.6. The summed E-state index contributed by atoms with van der Waals surface area (Å²) < 4.78 is 0. The first-order chi connectivity index (χ1) is 19.7. The fraction of sp³-hybridized carbons (Fsp3) is 0.512. The molecular formula is C41H62. The molecule has 4 atom stereocenters. The van der Waals surface area contributed by atoms with Crippen molar-refractivity contribution in [3.05, 3.63) is 113 Å². The van der Waals surface area contributed by atoms with Crippen LogP contribution in [-0.2, 0) is 0 Å². The molecule has 0 fully saturated rings. The molecule has 0 saturated carbocycles. The summed E-state index contributed by atoms with van der Waals surface area (Å²) in [5.41, 5.74) is 8.54.